The second kappa shape index (κ2) is 4.90. The molecule has 1 aliphatic heterocycles. The lowest BCUT2D eigenvalue weighted by Crippen LogP contribution is -2.42. The number of rotatable bonds is 2. The number of nitrogens with zero attached hydrogens (tertiary/aromatic N) is 1. The molecule has 1 aliphatic rings. The van der Waals surface area contributed by atoms with Gasteiger partial charge in [0.25, 0.3) is 0 Å². The molecule has 2 unspecified atom stereocenters. The van der Waals surface area contributed by atoms with Crippen LogP contribution in [0.25, 0.3) is 0 Å². The number of sulfonamides is 1. The van der Waals surface area contributed by atoms with Crippen molar-refractivity contribution in [1.82, 2.24) is 4.31 Å². The molecule has 1 fully saturated rings. The van der Waals surface area contributed by atoms with Crippen LogP contribution in [0.15, 0.2) is 29.2 Å². The minimum atomic E-state index is -3.48. The summed E-state index contributed by atoms with van der Waals surface area (Å²) in [6.45, 7) is 5.26. The molecular formula is C13H19NO3S. The van der Waals surface area contributed by atoms with Gasteiger partial charge in [0.2, 0.25) is 10.0 Å². The van der Waals surface area contributed by atoms with Crippen LogP contribution in [0.5, 0.6) is 5.75 Å². The normalized spacial score (nSPS) is 26.1. The molecule has 2 atom stereocenters. The second-order valence-corrected chi connectivity index (χ2v) is 7.20. The fraction of sp³-hybridized carbons (Fsp3) is 0.538. The first kappa shape index (κ1) is 13.4. The first-order chi connectivity index (χ1) is 8.39. The third kappa shape index (κ3) is 2.67. The molecule has 0 aliphatic carbocycles. The maximum Gasteiger partial charge on any atom is 0.243 e. The molecule has 0 bridgehead atoms. The fourth-order valence-electron chi connectivity index (χ4n) is 2.60. The highest BCUT2D eigenvalue weighted by Gasteiger charge is 2.31. The molecule has 0 radical (unpaired) electrons. The zero-order valence-electron chi connectivity index (χ0n) is 10.7. The molecule has 1 saturated heterocycles. The Balaban J connectivity index is 2.31. The molecule has 4 nitrogen and oxygen atoms in total. The van der Waals surface area contributed by atoms with Gasteiger partial charge in [-0.3, -0.25) is 0 Å². The van der Waals surface area contributed by atoms with Crippen LogP contribution >= 0.6 is 0 Å². The van der Waals surface area contributed by atoms with E-state index in [0.717, 1.165) is 6.42 Å². The van der Waals surface area contributed by atoms with Crippen molar-refractivity contribution in [2.45, 2.75) is 25.2 Å². The summed E-state index contributed by atoms with van der Waals surface area (Å²) >= 11 is 0. The van der Waals surface area contributed by atoms with E-state index in [2.05, 4.69) is 13.8 Å². The highest BCUT2D eigenvalue weighted by atomic mass is 32.2. The zero-order valence-corrected chi connectivity index (χ0v) is 11.5. The van der Waals surface area contributed by atoms with Crippen molar-refractivity contribution in [2.24, 2.45) is 11.8 Å². The summed E-state index contributed by atoms with van der Waals surface area (Å²) in [4.78, 5) is 0.170. The average Bonchev–Trinajstić information content (AvgIpc) is 2.27. The van der Waals surface area contributed by atoms with E-state index in [4.69, 9.17) is 0 Å². The van der Waals surface area contributed by atoms with E-state index in [9.17, 15) is 13.5 Å². The van der Waals surface area contributed by atoms with Crippen molar-refractivity contribution < 1.29 is 13.5 Å². The molecule has 1 N–H and O–H groups in total. The predicted octanol–water partition coefficient (Wildman–Crippen LogP) is 2.06. The van der Waals surface area contributed by atoms with Gasteiger partial charge in [0.15, 0.2) is 0 Å². The third-order valence-corrected chi connectivity index (χ3v) is 5.12. The van der Waals surface area contributed by atoms with Gasteiger partial charge in [-0.2, -0.15) is 4.31 Å². The van der Waals surface area contributed by atoms with Gasteiger partial charge in [-0.1, -0.05) is 19.9 Å². The van der Waals surface area contributed by atoms with Gasteiger partial charge in [-0.25, -0.2) is 8.42 Å². The summed E-state index contributed by atoms with van der Waals surface area (Å²) in [5.41, 5.74) is 0. The minimum absolute atomic E-state index is 0.0193. The first-order valence-corrected chi connectivity index (χ1v) is 7.63. The smallest absolute Gasteiger partial charge is 0.243 e. The van der Waals surface area contributed by atoms with Crippen LogP contribution in [0, 0.1) is 11.8 Å². The lowest BCUT2D eigenvalue weighted by atomic mass is 9.94. The number of benzene rings is 1. The van der Waals surface area contributed by atoms with Crippen LogP contribution in [0.4, 0.5) is 0 Å². The van der Waals surface area contributed by atoms with Crippen molar-refractivity contribution in [2.75, 3.05) is 13.1 Å². The third-order valence-electron chi connectivity index (χ3n) is 3.29. The van der Waals surface area contributed by atoms with E-state index in [1.54, 1.807) is 6.07 Å². The highest BCUT2D eigenvalue weighted by molar-refractivity contribution is 7.89. The Morgan fingerprint density at radius 2 is 1.83 bits per heavy atom. The first-order valence-electron chi connectivity index (χ1n) is 6.19. The van der Waals surface area contributed by atoms with Gasteiger partial charge < -0.3 is 5.11 Å². The number of hydrogen-bond donors (Lipinski definition) is 1. The van der Waals surface area contributed by atoms with E-state index in [1.165, 1.54) is 22.5 Å². The van der Waals surface area contributed by atoms with Gasteiger partial charge >= 0.3 is 0 Å². The summed E-state index contributed by atoms with van der Waals surface area (Å²) < 4.78 is 26.4. The van der Waals surface area contributed by atoms with Crippen LogP contribution in [0.3, 0.4) is 0 Å². The summed E-state index contributed by atoms with van der Waals surface area (Å²) in [5.74, 6) is 0.732. The molecule has 1 aromatic carbocycles. The van der Waals surface area contributed by atoms with Gasteiger partial charge in [-0.15, -0.1) is 0 Å². The Morgan fingerprint density at radius 1 is 1.22 bits per heavy atom. The van der Waals surface area contributed by atoms with Crippen LogP contribution in [-0.4, -0.2) is 30.9 Å². The fourth-order valence-corrected chi connectivity index (χ4v) is 4.31. The van der Waals surface area contributed by atoms with E-state index in [1.807, 2.05) is 0 Å². The van der Waals surface area contributed by atoms with Gasteiger partial charge in [0.1, 0.15) is 5.75 Å². The lowest BCUT2D eigenvalue weighted by Gasteiger charge is -2.34. The Labute approximate surface area is 108 Å². The number of phenols is 1. The Morgan fingerprint density at radius 3 is 2.39 bits per heavy atom. The van der Waals surface area contributed by atoms with E-state index < -0.39 is 10.0 Å². The molecule has 0 aromatic heterocycles. The van der Waals surface area contributed by atoms with E-state index >= 15 is 0 Å². The molecule has 18 heavy (non-hydrogen) atoms. The van der Waals surface area contributed by atoms with Crippen LogP contribution in [0.1, 0.15) is 20.3 Å². The molecule has 0 spiro atoms. The van der Waals surface area contributed by atoms with Crippen LogP contribution in [0.2, 0.25) is 0 Å². The molecule has 1 aromatic rings. The van der Waals surface area contributed by atoms with Crippen LogP contribution < -0.4 is 0 Å². The summed E-state index contributed by atoms with van der Waals surface area (Å²) in [5, 5.41) is 9.40. The van der Waals surface area contributed by atoms with Crippen LogP contribution in [-0.2, 0) is 10.0 Å². The molecular weight excluding hydrogens is 250 g/mol. The van der Waals surface area contributed by atoms with E-state index in [-0.39, 0.29) is 10.6 Å². The van der Waals surface area contributed by atoms with Crippen molar-refractivity contribution in [3.63, 3.8) is 0 Å². The number of aromatic hydroxyl groups is 1. The molecule has 0 amide bonds. The molecule has 100 valence electrons. The second-order valence-electron chi connectivity index (χ2n) is 5.27. The number of piperidine rings is 1. The summed E-state index contributed by atoms with van der Waals surface area (Å²) in [7, 11) is -3.48. The zero-order chi connectivity index (χ0) is 13.3. The molecule has 1 heterocycles. The largest absolute Gasteiger partial charge is 0.508 e. The van der Waals surface area contributed by atoms with Crippen molar-refractivity contribution in [1.29, 1.82) is 0 Å². The maximum atomic E-state index is 12.4. The Hall–Kier alpha value is -1.07. The van der Waals surface area contributed by atoms with Crippen molar-refractivity contribution in [3.05, 3.63) is 24.3 Å². The molecule has 2 rings (SSSR count). The van der Waals surface area contributed by atoms with Gasteiger partial charge in [0.05, 0.1) is 4.90 Å². The molecule has 5 heteroatoms. The average molecular weight is 269 g/mol. The quantitative estimate of drug-likeness (QED) is 0.894. The van der Waals surface area contributed by atoms with E-state index in [0.29, 0.717) is 24.9 Å². The highest BCUT2D eigenvalue weighted by Crippen LogP contribution is 2.27. The summed E-state index contributed by atoms with van der Waals surface area (Å²) in [6.07, 6.45) is 1.06. The van der Waals surface area contributed by atoms with Gasteiger partial charge in [0, 0.05) is 13.1 Å². The minimum Gasteiger partial charge on any atom is -0.508 e. The SMILES string of the molecule is CC1CC(C)CN(S(=O)(=O)c2cccc(O)c2)C1. The summed E-state index contributed by atoms with van der Waals surface area (Å²) in [6, 6.07) is 5.86. The van der Waals surface area contributed by atoms with Gasteiger partial charge in [-0.05, 0) is 36.5 Å². The number of phenolic OH excluding ortho intramolecular Hbond substituents is 1. The monoisotopic (exact) mass is 269 g/mol. The maximum absolute atomic E-state index is 12.4. The molecule has 0 saturated carbocycles. The Kier molecular flexibility index (Phi) is 3.64. The Bertz CT molecular complexity index is 517. The lowest BCUT2D eigenvalue weighted by molar-refractivity contribution is 0.222. The van der Waals surface area contributed by atoms with Crippen molar-refractivity contribution in [3.8, 4) is 5.75 Å². The topological polar surface area (TPSA) is 57.6 Å². The van der Waals surface area contributed by atoms with Crippen molar-refractivity contribution >= 4 is 10.0 Å². The number of hydrogen-bond acceptors (Lipinski definition) is 3. The standard InChI is InChI=1S/C13H19NO3S/c1-10-6-11(2)9-14(8-10)18(16,17)13-5-3-4-12(15)7-13/h3-5,7,10-11,15H,6,8-9H2,1-2H3. The predicted molar refractivity (Wildman–Crippen MR) is 69.8 cm³/mol.